The predicted molar refractivity (Wildman–Crippen MR) is 115 cm³/mol. The van der Waals surface area contributed by atoms with Gasteiger partial charge in [0.05, 0.1) is 18.1 Å². The molecule has 34 heavy (non-hydrogen) atoms. The van der Waals surface area contributed by atoms with E-state index in [-0.39, 0.29) is 30.5 Å². The summed E-state index contributed by atoms with van der Waals surface area (Å²) in [4.78, 5) is 18.0. The molecule has 0 radical (unpaired) electrons. The summed E-state index contributed by atoms with van der Waals surface area (Å²) >= 11 is 0. The van der Waals surface area contributed by atoms with Gasteiger partial charge in [-0.05, 0) is 18.9 Å². The zero-order valence-corrected chi connectivity index (χ0v) is 19.0. The van der Waals surface area contributed by atoms with E-state index in [1.807, 2.05) is 0 Å². The number of nitrogens with one attached hydrogen (secondary N) is 1. The molecule has 0 amide bonds. The molecule has 1 saturated heterocycles. The van der Waals surface area contributed by atoms with Gasteiger partial charge in [0, 0.05) is 51.0 Å². The van der Waals surface area contributed by atoms with Gasteiger partial charge >= 0.3 is 6.18 Å². The molecule has 2 aromatic rings. The van der Waals surface area contributed by atoms with Crippen LogP contribution in [0.2, 0.25) is 0 Å². The molecule has 2 N–H and O–H groups in total. The maximum Gasteiger partial charge on any atom is 0.422 e. The molecule has 1 unspecified atom stereocenters. The van der Waals surface area contributed by atoms with E-state index in [4.69, 9.17) is 0 Å². The number of sulfonamides is 1. The van der Waals surface area contributed by atoms with Crippen LogP contribution in [0, 0.1) is 0 Å². The molecule has 0 saturated carbocycles. The first-order valence-electron chi connectivity index (χ1n) is 10.6. The van der Waals surface area contributed by atoms with Gasteiger partial charge in [0.2, 0.25) is 16.0 Å². The van der Waals surface area contributed by atoms with E-state index in [0.29, 0.717) is 38.2 Å². The Bertz CT molecular complexity index is 989. The predicted octanol–water partition coefficient (Wildman–Crippen LogP) is 1.03. The second-order valence-corrected chi connectivity index (χ2v) is 9.68. The Morgan fingerprint density at radius 1 is 1.09 bits per heavy atom. The van der Waals surface area contributed by atoms with E-state index in [2.05, 4.69) is 30.2 Å². The Morgan fingerprint density at radius 2 is 1.74 bits per heavy atom. The van der Waals surface area contributed by atoms with E-state index >= 15 is 0 Å². The number of aromatic nitrogens is 4. The highest BCUT2D eigenvalue weighted by atomic mass is 32.2. The highest BCUT2D eigenvalue weighted by Crippen LogP contribution is 2.19. The zero-order chi connectivity index (χ0) is 24.6. The summed E-state index contributed by atoms with van der Waals surface area (Å²) in [6, 6.07) is 1.07. The van der Waals surface area contributed by atoms with Gasteiger partial charge in [-0.3, -0.25) is 0 Å². The van der Waals surface area contributed by atoms with Gasteiger partial charge < -0.3 is 14.8 Å². The summed E-state index contributed by atoms with van der Waals surface area (Å²) in [5.41, 5.74) is 2.08. The Morgan fingerprint density at radius 3 is 2.32 bits per heavy atom. The highest BCUT2D eigenvalue weighted by Gasteiger charge is 2.31. The van der Waals surface area contributed by atoms with Crippen LogP contribution in [-0.4, -0.2) is 88.6 Å². The first kappa shape index (κ1) is 26.0. The Balaban J connectivity index is 1.46. The van der Waals surface area contributed by atoms with Gasteiger partial charge in [-0.25, -0.2) is 33.8 Å². The van der Waals surface area contributed by atoms with Crippen LogP contribution in [0.25, 0.3) is 0 Å². The quantitative estimate of drug-likeness (QED) is 0.427. The molecule has 11 nitrogen and oxygen atoms in total. The minimum Gasteiger partial charge on any atom is -0.481 e. The Hall–Kier alpha value is -2.62. The first-order chi connectivity index (χ1) is 16.2. The second-order valence-electron chi connectivity index (χ2n) is 7.67. The maximum atomic E-state index is 12.8. The van der Waals surface area contributed by atoms with Crippen molar-refractivity contribution in [3.63, 3.8) is 0 Å². The van der Waals surface area contributed by atoms with Gasteiger partial charge in [0.1, 0.15) is 5.82 Å². The van der Waals surface area contributed by atoms with Crippen molar-refractivity contribution in [2.75, 3.05) is 43.4 Å². The molecule has 1 aliphatic rings. The fourth-order valence-corrected chi connectivity index (χ4v) is 5.07. The zero-order valence-electron chi connectivity index (χ0n) is 18.2. The molecule has 0 spiro atoms. The molecule has 1 fully saturated rings. The topological polar surface area (TPSA) is 134 Å². The van der Waals surface area contributed by atoms with Crippen molar-refractivity contribution < 1.29 is 31.5 Å². The minimum absolute atomic E-state index is 0.108. The summed E-state index contributed by atoms with van der Waals surface area (Å²) in [5.74, 6) is 0.555. The highest BCUT2D eigenvalue weighted by molar-refractivity contribution is 7.89. The number of anilines is 1. The molecule has 1 aliphatic heterocycles. The van der Waals surface area contributed by atoms with Crippen molar-refractivity contribution in [3.8, 4) is 5.75 Å². The molecular formula is C19H26F3N7O4S. The summed E-state index contributed by atoms with van der Waals surface area (Å²) in [6.07, 6.45) is 2.70. The third-order valence-corrected chi connectivity index (χ3v) is 7.07. The van der Waals surface area contributed by atoms with E-state index in [1.54, 1.807) is 23.4 Å². The number of piperazine rings is 1. The van der Waals surface area contributed by atoms with Crippen LogP contribution in [0.5, 0.6) is 5.75 Å². The minimum atomic E-state index is -4.46. The smallest absolute Gasteiger partial charge is 0.422 e. The number of nitrogens with zero attached hydrogens (tertiary/aromatic N) is 6. The Labute approximate surface area is 195 Å². The van der Waals surface area contributed by atoms with Crippen molar-refractivity contribution in [3.05, 3.63) is 36.7 Å². The third kappa shape index (κ3) is 8.00. The normalized spacial score (nSPS) is 16.4. The summed E-state index contributed by atoms with van der Waals surface area (Å²) in [6.45, 7) is -0.437. The molecule has 0 aliphatic carbocycles. The fraction of sp³-hybridized carbons (Fsp3) is 0.579. The maximum absolute atomic E-state index is 12.8. The van der Waals surface area contributed by atoms with E-state index < -0.39 is 28.8 Å². The van der Waals surface area contributed by atoms with Gasteiger partial charge in [0.15, 0.2) is 12.4 Å². The van der Waals surface area contributed by atoms with Crippen LogP contribution >= 0.6 is 0 Å². The second kappa shape index (κ2) is 11.7. The van der Waals surface area contributed by atoms with E-state index in [0.717, 1.165) is 12.4 Å². The lowest BCUT2D eigenvalue weighted by Gasteiger charge is -2.34. The average Bonchev–Trinajstić information content (AvgIpc) is 2.82. The first-order valence-corrected chi connectivity index (χ1v) is 12.2. The van der Waals surface area contributed by atoms with Crippen LogP contribution in [0.4, 0.5) is 19.1 Å². The number of hydrogen-bond acceptors (Lipinski definition) is 10. The Kier molecular flexibility index (Phi) is 8.93. The number of hydroxylamine groups is 1. The van der Waals surface area contributed by atoms with Crippen molar-refractivity contribution in [2.24, 2.45) is 0 Å². The monoisotopic (exact) mass is 505 g/mol. The van der Waals surface area contributed by atoms with E-state index in [1.165, 1.54) is 4.31 Å². The summed E-state index contributed by atoms with van der Waals surface area (Å²) in [5, 5.41) is 9.42. The van der Waals surface area contributed by atoms with Crippen LogP contribution in [-0.2, 0) is 16.4 Å². The lowest BCUT2D eigenvalue weighted by molar-refractivity contribution is -0.153. The van der Waals surface area contributed by atoms with Crippen LogP contribution in [0.15, 0.2) is 30.9 Å². The number of ether oxygens (including phenoxy) is 1. The molecule has 3 rings (SSSR count). The molecule has 3 heterocycles. The lowest BCUT2D eigenvalue weighted by Crippen LogP contribution is -2.51. The molecular weight excluding hydrogens is 479 g/mol. The van der Waals surface area contributed by atoms with Gasteiger partial charge in [0.25, 0.3) is 0 Å². The van der Waals surface area contributed by atoms with Crippen LogP contribution in [0.3, 0.4) is 0 Å². The third-order valence-electron chi connectivity index (χ3n) is 5.10. The number of halogens is 3. The molecule has 15 heteroatoms. The molecule has 0 aromatic carbocycles. The molecule has 0 bridgehead atoms. The van der Waals surface area contributed by atoms with Crippen molar-refractivity contribution in [1.29, 1.82) is 0 Å². The van der Waals surface area contributed by atoms with Crippen molar-refractivity contribution in [1.82, 2.24) is 29.7 Å². The van der Waals surface area contributed by atoms with Crippen molar-refractivity contribution in [2.45, 2.75) is 31.5 Å². The van der Waals surface area contributed by atoms with E-state index in [9.17, 15) is 26.8 Å². The molecule has 1 atom stereocenters. The van der Waals surface area contributed by atoms with Gasteiger partial charge in [-0.2, -0.15) is 17.5 Å². The standard InChI is InChI=1S/C19H26F3N7O4S/c20-19(21,22)14-33-16-11-25-18(26-12-16)28-7-9-29(10-8-28)34(31,32)13-15(27-30)3-1-4-17-23-5-2-6-24-17/h2,5-6,11-12,15,27,30H,1,3-4,7-10,13-14H2. The fourth-order valence-electron chi connectivity index (χ4n) is 3.39. The largest absolute Gasteiger partial charge is 0.481 e. The van der Waals surface area contributed by atoms with Crippen LogP contribution in [0.1, 0.15) is 18.7 Å². The van der Waals surface area contributed by atoms with Gasteiger partial charge in [-0.15, -0.1) is 0 Å². The lowest BCUT2D eigenvalue weighted by atomic mass is 10.1. The number of rotatable bonds is 11. The number of hydrogen-bond donors (Lipinski definition) is 2. The van der Waals surface area contributed by atoms with Crippen LogP contribution < -0.4 is 15.1 Å². The SMILES string of the molecule is O=S(=O)(CC(CCCc1ncccn1)NO)N1CCN(c2ncc(OCC(F)(F)F)cn2)CC1. The molecule has 2 aromatic heterocycles. The molecule has 188 valence electrons. The number of alkyl halides is 3. The summed E-state index contributed by atoms with van der Waals surface area (Å²) < 4.78 is 68.3. The van der Waals surface area contributed by atoms with Crippen molar-refractivity contribution >= 4 is 16.0 Å². The van der Waals surface area contributed by atoms with Gasteiger partial charge in [-0.1, -0.05) is 0 Å². The summed E-state index contributed by atoms with van der Waals surface area (Å²) in [7, 11) is -3.64. The average molecular weight is 506 g/mol. The number of aryl methyl sites for hydroxylation is 1.